The van der Waals surface area contributed by atoms with E-state index in [1.165, 1.54) is 23.5 Å². The number of benzene rings is 3. The largest absolute Gasteiger partial charge is 0.332 e. The molecule has 0 amide bonds. The summed E-state index contributed by atoms with van der Waals surface area (Å²) in [5, 5.41) is 7.34. The van der Waals surface area contributed by atoms with Gasteiger partial charge in [0.1, 0.15) is 5.82 Å². The first-order valence-electron chi connectivity index (χ1n) is 10.5. The molecule has 4 aromatic rings. The van der Waals surface area contributed by atoms with E-state index in [4.69, 9.17) is 12.2 Å². The molecule has 0 aliphatic carbocycles. The predicted octanol–water partition coefficient (Wildman–Crippen LogP) is 6.62. The Morgan fingerprint density at radius 2 is 1.64 bits per heavy atom. The molecule has 0 unspecified atom stereocenters. The Kier molecular flexibility index (Phi) is 7.22. The average molecular weight is 477 g/mol. The molecule has 4 nitrogen and oxygen atoms in total. The fourth-order valence-corrected chi connectivity index (χ4v) is 4.67. The van der Waals surface area contributed by atoms with Crippen LogP contribution < -0.4 is 10.6 Å². The molecule has 0 bridgehead atoms. The van der Waals surface area contributed by atoms with Gasteiger partial charge in [-0.2, -0.15) is 0 Å². The number of hydrogen-bond donors (Lipinski definition) is 2. The number of rotatable bonds is 8. The second-order valence-corrected chi connectivity index (χ2v) is 9.03. The zero-order valence-electron chi connectivity index (χ0n) is 17.6. The van der Waals surface area contributed by atoms with Gasteiger partial charge in [-0.1, -0.05) is 36.4 Å². The van der Waals surface area contributed by atoms with E-state index >= 15 is 0 Å². The number of halogens is 1. The molecule has 1 heterocycles. The summed E-state index contributed by atoms with van der Waals surface area (Å²) in [6.07, 6.45) is 1.51. The molecular formula is C26H21FN2O2S2. The minimum atomic E-state index is -0.407. The van der Waals surface area contributed by atoms with Crippen molar-refractivity contribution in [2.45, 2.75) is 19.3 Å². The molecule has 0 radical (unpaired) electrons. The number of ketones is 2. The molecule has 4 rings (SSSR count). The Balaban J connectivity index is 1.24. The van der Waals surface area contributed by atoms with Gasteiger partial charge in [-0.15, -0.1) is 11.3 Å². The van der Waals surface area contributed by atoms with Gasteiger partial charge >= 0.3 is 0 Å². The van der Waals surface area contributed by atoms with Gasteiger partial charge < -0.3 is 10.6 Å². The van der Waals surface area contributed by atoms with E-state index in [9.17, 15) is 14.0 Å². The summed E-state index contributed by atoms with van der Waals surface area (Å²) in [7, 11) is 0. The van der Waals surface area contributed by atoms with Crippen molar-refractivity contribution in [1.29, 1.82) is 0 Å². The maximum absolute atomic E-state index is 13.3. The summed E-state index contributed by atoms with van der Waals surface area (Å²) in [5.74, 6) is -1.10. The third-order valence-corrected chi connectivity index (χ3v) is 6.39. The summed E-state index contributed by atoms with van der Waals surface area (Å²) in [4.78, 5) is 25.3. The first-order valence-corrected chi connectivity index (χ1v) is 11.7. The predicted molar refractivity (Wildman–Crippen MR) is 137 cm³/mol. The Bertz CT molecular complexity index is 1280. The molecule has 0 fully saturated rings. The van der Waals surface area contributed by atoms with Crippen LogP contribution in [0.1, 0.15) is 28.1 Å². The summed E-state index contributed by atoms with van der Waals surface area (Å²) < 4.78 is 14.3. The van der Waals surface area contributed by atoms with E-state index in [-0.39, 0.29) is 18.0 Å². The molecule has 7 heteroatoms. The number of anilines is 2. The fourth-order valence-electron chi connectivity index (χ4n) is 3.41. The lowest BCUT2D eigenvalue weighted by Crippen LogP contribution is -2.19. The van der Waals surface area contributed by atoms with Crippen LogP contribution in [-0.4, -0.2) is 16.7 Å². The molecule has 0 spiro atoms. The number of carbonyl (C=O) groups excluding carboxylic acids is 2. The van der Waals surface area contributed by atoms with Crippen LogP contribution in [-0.2, 0) is 11.2 Å². The van der Waals surface area contributed by atoms with E-state index in [2.05, 4.69) is 10.6 Å². The summed E-state index contributed by atoms with van der Waals surface area (Å²) in [6, 6.07) is 23.3. The van der Waals surface area contributed by atoms with Crippen LogP contribution in [0.15, 0.2) is 78.9 Å². The third-order valence-electron chi connectivity index (χ3n) is 5.07. The number of fused-ring (bicyclic) bond motifs is 1. The molecule has 166 valence electrons. The molecule has 3 aromatic carbocycles. The van der Waals surface area contributed by atoms with Crippen molar-refractivity contribution in [1.82, 2.24) is 0 Å². The Morgan fingerprint density at radius 3 is 2.39 bits per heavy atom. The zero-order valence-corrected chi connectivity index (χ0v) is 19.3. The summed E-state index contributed by atoms with van der Waals surface area (Å²) in [6.45, 7) is 0. The van der Waals surface area contributed by atoms with Crippen molar-refractivity contribution < 1.29 is 14.0 Å². The van der Waals surface area contributed by atoms with Crippen molar-refractivity contribution in [2.75, 3.05) is 10.6 Å². The van der Waals surface area contributed by atoms with Crippen LogP contribution in [0, 0.1) is 5.82 Å². The summed E-state index contributed by atoms with van der Waals surface area (Å²) >= 11 is 6.62. The minimum Gasteiger partial charge on any atom is -0.332 e. The van der Waals surface area contributed by atoms with Crippen LogP contribution in [0.2, 0.25) is 0 Å². The number of aryl methyl sites for hydroxylation is 1. The monoisotopic (exact) mass is 476 g/mol. The highest BCUT2D eigenvalue weighted by atomic mass is 32.1. The molecule has 0 atom stereocenters. The molecule has 0 aliphatic rings. The van der Waals surface area contributed by atoms with Crippen LogP contribution in [0.5, 0.6) is 0 Å². The van der Waals surface area contributed by atoms with Crippen molar-refractivity contribution in [3.8, 4) is 0 Å². The van der Waals surface area contributed by atoms with Crippen LogP contribution in [0.25, 0.3) is 10.1 Å². The smallest absolute Gasteiger partial charge is 0.238 e. The van der Waals surface area contributed by atoms with Crippen LogP contribution in [0.4, 0.5) is 15.8 Å². The van der Waals surface area contributed by atoms with Crippen molar-refractivity contribution in [3.05, 3.63) is 95.1 Å². The Morgan fingerprint density at radius 1 is 0.879 bits per heavy atom. The maximum Gasteiger partial charge on any atom is 0.238 e. The van der Waals surface area contributed by atoms with E-state index in [1.54, 1.807) is 18.2 Å². The molecule has 2 N–H and O–H groups in total. The van der Waals surface area contributed by atoms with Crippen LogP contribution >= 0.6 is 23.6 Å². The van der Waals surface area contributed by atoms with Gasteiger partial charge in [0.05, 0.1) is 4.88 Å². The Hall–Kier alpha value is -3.42. The Labute approximate surface area is 200 Å². The first-order chi connectivity index (χ1) is 16.0. The fraction of sp³-hybridized carbons (Fsp3) is 0.115. The topological polar surface area (TPSA) is 58.2 Å². The minimum absolute atomic E-state index is 0.217. The van der Waals surface area contributed by atoms with E-state index in [0.717, 1.165) is 21.3 Å². The summed E-state index contributed by atoms with van der Waals surface area (Å²) in [5.41, 5.74) is 2.43. The first kappa shape index (κ1) is 22.8. The van der Waals surface area contributed by atoms with Crippen molar-refractivity contribution in [2.24, 2.45) is 0 Å². The normalized spacial score (nSPS) is 10.7. The lowest BCUT2D eigenvalue weighted by atomic mass is 10.0. The SMILES string of the molecule is O=C(CCCc1ccc(NC(=S)Nc2cccc(F)c2)cc1)C(=O)c1cc2ccccc2s1. The average Bonchev–Trinajstić information content (AvgIpc) is 3.24. The van der Waals surface area contributed by atoms with Gasteiger partial charge in [-0.25, -0.2) is 4.39 Å². The molecule has 33 heavy (non-hydrogen) atoms. The molecular weight excluding hydrogens is 455 g/mol. The second kappa shape index (κ2) is 10.5. The lowest BCUT2D eigenvalue weighted by molar-refractivity contribution is -0.115. The van der Waals surface area contributed by atoms with E-state index < -0.39 is 5.78 Å². The number of thiophene rings is 1. The maximum atomic E-state index is 13.3. The highest BCUT2D eigenvalue weighted by Crippen LogP contribution is 2.26. The zero-order chi connectivity index (χ0) is 23.2. The van der Waals surface area contributed by atoms with Gasteiger partial charge in [0.25, 0.3) is 0 Å². The lowest BCUT2D eigenvalue weighted by Gasteiger charge is -2.11. The highest BCUT2D eigenvalue weighted by molar-refractivity contribution is 7.80. The van der Waals surface area contributed by atoms with Crippen molar-refractivity contribution in [3.63, 3.8) is 0 Å². The number of thiocarbonyl (C=S) groups is 1. The number of hydrogen-bond acceptors (Lipinski definition) is 4. The highest BCUT2D eigenvalue weighted by Gasteiger charge is 2.18. The van der Waals surface area contributed by atoms with Crippen LogP contribution in [0.3, 0.4) is 0 Å². The van der Waals surface area contributed by atoms with Gasteiger partial charge in [-0.3, -0.25) is 9.59 Å². The van der Waals surface area contributed by atoms with Gasteiger partial charge in [0, 0.05) is 22.5 Å². The number of Topliss-reactive ketones (excluding diaryl/α,β-unsaturated/α-hetero) is 2. The molecule has 0 aliphatic heterocycles. The third kappa shape index (κ3) is 6.09. The molecule has 0 saturated carbocycles. The molecule has 1 aromatic heterocycles. The molecule has 0 saturated heterocycles. The van der Waals surface area contributed by atoms with Gasteiger partial charge in [0.2, 0.25) is 11.6 Å². The number of carbonyl (C=O) groups is 2. The standard InChI is InChI=1S/C26H21FN2O2S2/c27-19-7-4-8-21(16-19)29-26(32)28-20-13-11-17(12-14-20)5-3-9-22(30)25(31)24-15-18-6-1-2-10-23(18)33-24/h1-2,4,6-8,10-16H,3,5,9H2,(H2,28,29,32). The van der Waals surface area contributed by atoms with E-state index in [1.807, 2.05) is 48.5 Å². The quantitative estimate of drug-likeness (QED) is 0.170. The van der Waals surface area contributed by atoms with Gasteiger partial charge in [0.15, 0.2) is 5.11 Å². The number of nitrogens with one attached hydrogen (secondary N) is 2. The van der Waals surface area contributed by atoms with Crippen molar-refractivity contribution >= 4 is 61.7 Å². The van der Waals surface area contributed by atoms with E-state index in [0.29, 0.717) is 28.5 Å². The second-order valence-electron chi connectivity index (χ2n) is 7.54. The van der Waals surface area contributed by atoms with Gasteiger partial charge in [-0.05, 0) is 78.5 Å².